The van der Waals surface area contributed by atoms with Crippen LogP contribution in [-0.2, 0) is 4.79 Å². The molecule has 2 rings (SSSR count). The minimum absolute atomic E-state index is 0.175. The summed E-state index contributed by atoms with van der Waals surface area (Å²) < 4.78 is 0. The maximum atomic E-state index is 12.0. The van der Waals surface area contributed by atoms with Crippen molar-refractivity contribution in [2.45, 2.75) is 12.3 Å². The lowest BCUT2D eigenvalue weighted by atomic mass is 10.2. The Labute approximate surface area is 118 Å². The van der Waals surface area contributed by atoms with Crippen LogP contribution in [0.2, 0.25) is 0 Å². The van der Waals surface area contributed by atoms with Crippen LogP contribution >= 0.6 is 27.7 Å². The minimum Gasteiger partial charge on any atom is -0.365 e. The average molecular weight is 329 g/mol. The third-order valence-corrected chi connectivity index (χ3v) is 3.89. The van der Waals surface area contributed by atoms with Crippen LogP contribution in [0.3, 0.4) is 0 Å². The number of alkyl halides is 1. The summed E-state index contributed by atoms with van der Waals surface area (Å²) in [5.41, 5.74) is 1.97. The highest BCUT2D eigenvalue weighted by atomic mass is 79.9. The average Bonchev–Trinajstić information content (AvgIpc) is 2.57. The topological polar surface area (TPSA) is 49.4 Å². The van der Waals surface area contributed by atoms with Gasteiger partial charge in [-0.2, -0.15) is 0 Å². The molecule has 0 unspecified atom stereocenters. The van der Waals surface area contributed by atoms with Crippen molar-refractivity contribution in [3.8, 4) is 0 Å². The number of hydrogen-bond donors (Lipinski definition) is 1. The predicted molar refractivity (Wildman–Crippen MR) is 77.1 cm³/mol. The second-order valence-corrected chi connectivity index (χ2v) is 5.81. The number of amides is 2. The van der Waals surface area contributed by atoms with E-state index in [2.05, 4.69) is 21.2 Å². The molecule has 0 spiro atoms. The Morgan fingerprint density at radius 2 is 2.22 bits per heavy atom. The van der Waals surface area contributed by atoms with Gasteiger partial charge >= 0.3 is 0 Å². The smallest absolute Gasteiger partial charge is 0.290 e. The fourth-order valence-corrected chi connectivity index (χ4v) is 3.00. The summed E-state index contributed by atoms with van der Waals surface area (Å²) in [5.74, 6) is -0.175. The van der Waals surface area contributed by atoms with Crippen LogP contribution in [0, 0.1) is 6.92 Å². The van der Waals surface area contributed by atoms with Crippen LogP contribution in [-0.4, -0.2) is 33.3 Å². The van der Waals surface area contributed by atoms with E-state index in [-0.39, 0.29) is 11.1 Å². The zero-order valence-electron chi connectivity index (χ0n) is 9.85. The Morgan fingerprint density at radius 3 is 2.89 bits per heavy atom. The number of thioether (sulfide) groups is 1. The Kier molecular flexibility index (Phi) is 4.29. The van der Waals surface area contributed by atoms with Crippen molar-refractivity contribution in [3.05, 3.63) is 29.8 Å². The van der Waals surface area contributed by atoms with Gasteiger partial charge in [-0.1, -0.05) is 28.1 Å². The molecule has 2 amide bonds. The molecule has 0 aromatic heterocycles. The monoisotopic (exact) mass is 328 g/mol. The van der Waals surface area contributed by atoms with Crippen LogP contribution in [0.1, 0.15) is 5.56 Å². The zero-order chi connectivity index (χ0) is 13.1. The molecule has 96 valence electrons. The number of halogens is 1. The molecule has 6 heteroatoms. The largest absolute Gasteiger partial charge is 0.365 e. The van der Waals surface area contributed by atoms with E-state index in [0.717, 1.165) is 23.0 Å². The molecule has 0 bridgehead atoms. The van der Waals surface area contributed by atoms with Crippen LogP contribution < -0.4 is 5.32 Å². The van der Waals surface area contributed by atoms with Gasteiger partial charge in [0.25, 0.3) is 11.1 Å². The molecule has 4 nitrogen and oxygen atoms in total. The van der Waals surface area contributed by atoms with Gasteiger partial charge in [0.05, 0.1) is 0 Å². The standard InChI is InChI=1S/C12H13BrN2O2S/c1-8-3-2-4-9(7-8)14-10-11(16)15(6-5-13)12(17)18-10/h2-4,7,10,14H,5-6H2,1H3/t10-/m1/s1. The highest BCUT2D eigenvalue weighted by Gasteiger charge is 2.39. The van der Waals surface area contributed by atoms with E-state index < -0.39 is 5.37 Å². The molecule has 1 aromatic carbocycles. The Bertz CT molecular complexity index is 481. The zero-order valence-corrected chi connectivity index (χ0v) is 12.3. The molecule has 1 heterocycles. The first-order valence-electron chi connectivity index (χ1n) is 5.53. The second kappa shape index (κ2) is 5.75. The number of carbonyl (C=O) groups is 2. The highest BCUT2D eigenvalue weighted by Crippen LogP contribution is 2.28. The molecule has 1 saturated heterocycles. The molecule has 1 atom stereocenters. The fraction of sp³-hybridized carbons (Fsp3) is 0.333. The van der Waals surface area contributed by atoms with Crippen molar-refractivity contribution >= 4 is 44.5 Å². The molecule has 0 radical (unpaired) electrons. The van der Waals surface area contributed by atoms with Gasteiger partial charge in [0.1, 0.15) is 0 Å². The lowest BCUT2D eigenvalue weighted by Gasteiger charge is -2.13. The van der Waals surface area contributed by atoms with Gasteiger partial charge in [0.2, 0.25) is 0 Å². The predicted octanol–water partition coefficient (Wildman–Crippen LogP) is 2.82. The molecule has 1 aliphatic rings. The summed E-state index contributed by atoms with van der Waals surface area (Å²) in [7, 11) is 0. The van der Waals surface area contributed by atoms with Crippen molar-refractivity contribution in [2.24, 2.45) is 0 Å². The summed E-state index contributed by atoms with van der Waals surface area (Å²) in [5, 5.41) is 2.98. The Balaban J connectivity index is 2.07. The first-order chi connectivity index (χ1) is 8.61. The van der Waals surface area contributed by atoms with Crippen molar-refractivity contribution in [3.63, 3.8) is 0 Å². The van der Waals surface area contributed by atoms with Gasteiger partial charge in [0.15, 0.2) is 5.37 Å². The molecule has 1 aromatic rings. The normalized spacial score (nSPS) is 19.4. The number of anilines is 1. The lowest BCUT2D eigenvalue weighted by molar-refractivity contribution is -0.125. The third-order valence-electron chi connectivity index (χ3n) is 2.55. The van der Waals surface area contributed by atoms with Crippen molar-refractivity contribution in [1.29, 1.82) is 0 Å². The summed E-state index contributed by atoms with van der Waals surface area (Å²) in [6, 6.07) is 7.74. The third kappa shape index (κ3) is 2.87. The van der Waals surface area contributed by atoms with Crippen LogP contribution in [0.5, 0.6) is 0 Å². The van der Waals surface area contributed by atoms with E-state index in [1.807, 2.05) is 31.2 Å². The highest BCUT2D eigenvalue weighted by molar-refractivity contribution is 9.09. The number of imide groups is 1. The summed E-state index contributed by atoms with van der Waals surface area (Å²) >= 11 is 4.26. The van der Waals surface area contributed by atoms with E-state index in [4.69, 9.17) is 0 Å². The van der Waals surface area contributed by atoms with Gasteiger partial charge in [-0.25, -0.2) is 0 Å². The van der Waals surface area contributed by atoms with Crippen molar-refractivity contribution in [1.82, 2.24) is 4.90 Å². The number of hydrogen-bond acceptors (Lipinski definition) is 4. The van der Waals surface area contributed by atoms with Crippen molar-refractivity contribution in [2.75, 3.05) is 17.2 Å². The lowest BCUT2D eigenvalue weighted by Crippen LogP contribution is -2.35. The number of benzene rings is 1. The fourth-order valence-electron chi connectivity index (χ4n) is 1.71. The van der Waals surface area contributed by atoms with Crippen molar-refractivity contribution < 1.29 is 9.59 Å². The van der Waals surface area contributed by atoms with E-state index in [1.54, 1.807) is 0 Å². The molecule has 1 N–H and O–H groups in total. The molecular weight excluding hydrogens is 316 g/mol. The molecule has 0 aliphatic carbocycles. The minimum atomic E-state index is -0.515. The molecule has 0 saturated carbocycles. The summed E-state index contributed by atoms with van der Waals surface area (Å²) in [6.45, 7) is 2.40. The number of carbonyl (C=O) groups excluding carboxylic acids is 2. The number of nitrogens with one attached hydrogen (secondary N) is 1. The van der Waals surface area contributed by atoms with E-state index in [0.29, 0.717) is 11.9 Å². The van der Waals surface area contributed by atoms with Crippen LogP contribution in [0.15, 0.2) is 24.3 Å². The van der Waals surface area contributed by atoms with Crippen LogP contribution in [0.25, 0.3) is 0 Å². The maximum absolute atomic E-state index is 12.0. The molecule has 18 heavy (non-hydrogen) atoms. The van der Waals surface area contributed by atoms with Gasteiger partial charge in [-0.05, 0) is 36.4 Å². The van der Waals surface area contributed by atoms with Gasteiger partial charge in [-0.3, -0.25) is 14.5 Å². The first kappa shape index (κ1) is 13.4. The molecule has 1 aliphatic heterocycles. The van der Waals surface area contributed by atoms with Crippen LogP contribution in [0.4, 0.5) is 10.5 Å². The molecule has 1 fully saturated rings. The SMILES string of the molecule is Cc1cccc(N[C@@H]2SC(=O)N(CCBr)C2=O)c1. The Hall–Kier alpha value is -1.01. The first-order valence-corrected chi connectivity index (χ1v) is 7.53. The molecular formula is C12H13BrN2O2S. The summed E-state index contributed by atoms with van der Waals surface area (Å²) in [6.07, 6.45) is 0. The Morgan fingerprint density at radius 1 is 1.44 bits per heavy atom. The second-order valence-electron chi connectivity index (χ2n) is 3.96. The van der Waals surface area contributed by atoms with E-state index in [1.165, 1.54) is 4.90 Å². The quantitative estimate of drug-likeness (QED) is 0.863. The maximum Gasteiger partial charge on any atom is 0.290 e. The van der Waals surface area contributed by atoms with Gasteiger partial charge in [-0.15, -0.1) is 0 Å². The number of nitrogens with zero attached hydrogens (tertiary/aromatic N) is 1. The van der Waals surface area contributed by atoms with Gasteiger partial charge in [0, 0.05) is 17.6 Å². The number of aryl methyl sites for hydroxylation is 1. The van der Waals surface area contributed by atoms with E-state index >= 15 is 0 Å². The number of rotatable bonds is 4. The summed E-state index contributed by atoms with van der Waals surface area (Å²) in [4.78, 5) is 24.9. The van der Waals surface area contributed by atoms with E-state index in [9.17, 15) is 9.59 Å². The van der Waals surface area contributed by atoms with Gasteiger partial charge < -0.3 is 5.32 Å².